The van der Waals surface area contributed by atoms with Crippen LogP contribution in [0.1, 0.15) is 0 Å². The largest absolute Gasteiger partial charge is 0.762 e. The van der Waals surface area contributed by atoms with Gasteiger partial charge in [0.05, 0.1) is 23.8 Å². The molecule has 1 aliphatic heterocycles. The fourth-order valence-corrected chi connectivity index (χ4v) is 1.33. The number of ether oxygens (including phenoxy) is 1. The number of esters is 1. The molecule has 1 heterocycles. The lowest BCUT2D eigenvalue weighted by Crippen LogP contribution is -2.34. The van der Waals surface area contributed by atoms with Crippen LogP contribution < -0.4 is 0 Å². The van der Waals surface area contributed by atoms with Gasteiger partial charge in [0.15, 0.2) is 7.11 Å². The molecule has 0 aromatic heterocycles. The van der Waals surface area contributed by atoms with Gasteiger partial charge < -0.3 is 14.6 Å². The third kappa shape index (κ3) is 1.79. The molecule has 1 rings (SSSR count). The smallest absolute Gasteiger partial charge is 0.512 e. The molecule has 0 bridgehead atoms. The predicted octanol–water partition coefficient (Wildman–Crippen LogP) is 0.356. The molecular weight excluding hydrogens is 220 g/mol. The highest BCUT2D eigenvalue weighted by atomic mass is 16.6. The van der Waals surface area contributed by atoms with Crippen LogP contribution in [0.3, 0.4) is 0 Å². The minimum atomic E-state index is -1.94. The minimum absolute atomic E-state index is 0.125. The van der Waals surface area contributed by atoms with E-state index in [1.54, 1.807) is 24.1 Å². The van der Waals surface area contributed by atoms with E-state index in [9.17, 15) is 0 Å². The van der Waals surface area contributed by atoms with E-state index >= 15 is 0 Å². The molecule has 1 atom stereocenters. The normalized spacial score (nSPS) is 19.6. The Hall–Kier alpha value is -2.87. The second kappa shape index (κ2) is 4.77. The van der Waals surface area contributed by atoms with E-state index in [1.807, 2.05) is 0 Å². The Balaban J connectivity index is 3.29. The Morgan fingerprint density at radius 2 is 2.12 bits per heavy atom. The predicted molar refractivity (Wildman–Crippen MR) is 56.1 cm³/mol. The highest BCUT2D eigenvalue weighted by Gasteiger charge is 2.51. The fraction of sp³-hybridized carbons (Fsp3) is 0.273. The van der Waals surface area contributed by atoms with Crippen molar-refractivity contribution in [3.63, 3.8) is 0 Å². The Kier molecular flexibility index (Phi) is 3.42. The monoisotopic (exact) mass is 226 g/mol. The Labute approximate surface area is 97.5 Å². The van der Waals surface area contributed by atoms with Gasteiger partial charge in [-0.3, -0.25) is 5.87 Å². The van der Waals surface area contributed by atoms with E-state index in [0.717, 1.165) is 0 Å². The van der Waals surface area contributed by atoms with Gasteiger partial charge in [-0.25, -0.2) is 0 Å². The van der Waals surface area contributed by atoms with Crippen LogP contribution in [-0.4, -0.2) is 25.1 Å². The van der Waals surface area contributed by atoms with E-state index < -0.39 is 17.1 Å². The van der Waals surface area contributed by atoms with Crippen molar-refractivity contribution in [3.8, 4) is 18.2 Å². The van der Waals surface area contributed by atoms with Gasteiger partial charge in [-0.15, -0.1) is 0 Å². The maximum atomic E-state index is 9.07. The van der Waals surface area contributed by atoms with E-state index in [4.69, 9.17) is 30.4 Å². The van der Waals surface area contributed by atoms with Gasteiger partial charge >= 0.3 is 5.97 Å². The summed E-state index contributed by atoms with van der Waals surface area (Å²) in [5.41, 5.74) is -2.45. The van der Waals surface area contributed by atoms with Gasteiger partial charge in [-0.1, -0.05) is 0 Å². The zero-order valence-electron chi connectivity index (χ0n) is 8.84. The summed E-state index contributed by atoms with van der Waals surface area (Å²) in [7, 11) is 1.36. The van der Waals surface area contributed by atoms with Gasteiger partial charge in [0.2, 0.25) is 5.41 Å². The molecule has 6 heteroatoms. The third-order valence-electron chi connectivity index (χ3n) is 2.25. The Morgan fingerprint density at radius 3 is 2.47 bits per heavy atom. The summed E-state index contributed by atoms with van der Waals surface area (Å²) in [4.78, 5) is 0. The van der Waals surface area contributed by atoms with E-state index in [0.29, 0.717) is 0 Å². The van der Waals surface area contributed by atoms with Gasteiger partial charge in [0.1, 0.15) is 6.07 Å². The summed E-state index contributed by atoms with van der Waals surface area (Å²) in [6.07, 6.45) is 1.81. The quantitative estimate of drug-likeness (QED) is 0.292. The van der Waals surface area contributed by atoms with E-state index in [2.05, 4.69) is 0 Å². The van der Waals surface area contributed by atoms with Gasteiger partial charge in [0, 0.05) is 6.08 Å². The standard InChI is InChI=1S/C11H6N4O2/c1-16-10-3-2-9(17-10)11(6-14,7-15)8(4-12)5-13/h2-3,9H,1H3. The van der Waals surface area contributed by atoms with Crippen LogP contribution in [0.15, 0.2) is 17.7 Å². The molecule has 0 saturated heterocycles. The van der Waals surface area contributed by atoms with Crippen molar-refractivity contribution >= 4 is 11.8 Å². The molecule has 1 unspecified atom stereocenters. The van der Waals surface area contributed by atoms with Crippen molar-refractivity contribution in [3.05, 3.63) is 23.1 Å². The van der Waals surface area contributed by atoms with Crippen LogP contribution >= 0.6 is 0 Å². The lowest BCUT2D eigenvalue weighted by Gasteiger charge is -2.17. The summed E-state index contributed by atoms with van der Waals surface area (Å²) in [5, 5.41) is 35.7. The molecule has 6 nitrogen and oxygen atoms in total. The van der Waals surface area contributed by atoms with Crippen molar-refractivity contribution < 1.29 is 9.16 Å². The summed E-state index contributed by atoms with van der Waals surface area (Å²) < 4.78 is 9.94. The second-order valence-electron chi connectivity index (χ2n) is 3.05. The molecule has 0 fully saturated rings. The molecule has 17 heavy (non-hydrogen) atoms. The SMILES string of the molecule is C[O+]=C1C=CC(C(C#N)(C#N)C(=C=[N-])C#N)O1. The topological polar surface area (TPSA) is 114 Å². The minimum Gasteiger partial charge on any atom is -0.762 e. The van der Waals surface area contributed by atoms with Crippen LogP contribution in [0, 0.1) is 39.4 Å². The summed E-state index contributed by atoms with van der Waals surface area (Å²) >= 11 is 0. The van der Waals surface area contributed by atoms with Crippen molar-refractivity contribution in [2.24, 2.45) is 5.41 Å². The first kappa shape index (κ1) is 12.2. The molecule has 0 aromatic rings. The van der Waals surface area contributed by atoms with Crippen LogP contribution in [0.5, 0.6) is 0 Å². The lowest BCUT2D eigenvalue weighted by molar-refractivity contribution is -0.430. The molecule has 1 aliphatic rings. The molecule has 0 radical (unpaired) electrons. The van der Waals surface area contributed by atoms with Crippen molar-refractivity contribution in [1.82, 2.24) is 0 Å². The molecule has 0 saturated carbocycles. The highest BCUT2D eigenvalue weighted by Crippen LogP contribution is 2.33. The first-order chi connectivity index (χ1) is 8.18. The molecule has 0 N–H and O–H groups in total. The first-order valence-corrected chi connectivity index (χ1v) is 4.44. The zero-order chi connectivity index (χ0) is 12.9. The summed E-state index contributed by atoms with van der Waals surface area (Å²) in [6.45, 7) is 0. The number of nitrogens with zero attached hydrogens (tertiary/aromatic N) is 4. The fourth-order valence-electron chi connectivity index (χ4n) is 1.33. The molecule has 82 valence electrons. The van der Waals surface area contributed by atoms with Crippen LogP contribution in [0.25, 0.3) is 5.41 Å². The Morgan fingerprint density at radius 1 is 1.47 bits per heavy atom. The van der Waals surface area contributed by atoms with Gasteiger partial charge in [0.25, 0.3) is 6.10 Å². The Bertz CT molecular complexity index is 548. The van der Waals surface area contributed by atoms with Gasteiger partial charge in [-0.05, 0) is 0 Å². The van der Waals surface area contributed by atoms with Gasteiger partial charge in [-0.2, -0.15) is 15.8 Å². The zero-order valence-corrected chi connectivity index (χ0v) is 8.84. The maximum absolute atomic E-state index is 9.07. The summed E-state index contributed by atoms with van der Waals surface area (Å²) in [5.74, 6) is 1.68. The number of cyclic esters (lactones) is 1. The molecule has 0 spiro atoms. The van der Waals surface area contributed by atoms with Crippen molar-refractivity contribution in [2.75, 3.05) is 7.11 Å². The second-order valence-corrected chi connectivity index (χ2v) is 3.05. The third-order valence-corrected chi connectivity index (χ3v) is 2.25. The number of hydrogen-bond acceptors (Lipinski definition) is 4. The number of carbonyl (C=O) groups excluding carboxylic acids is 1. The van der Waals surface area contributed by atoms with Crippen molar-refractivity contribution in [1.29, 1.82) is 15.8 Å². The van der Waals surface area contributed by atoms with Crippen LogP contribution in [0.2, 0.25) is 0 Å². The summed E-state index contributed by atoms with van der Waals surface area (Å²) in [6, 6.07) is 4.88. The average molecular weight is 226 g/mol. The molecule has 0 aromatic carbocycles. The average Bonchev–Trinajstić information content (AvgIpc) is 2.85. The number of rotatable bonds is 2. The maximum Gasteiger partial charge on any atom is 0.512 e. The molecule has 0 amide bonds. The van der Waals surface area contributed by atoms with E-state index in [1.165, 1.54) is 19.3 Å². The van der Waals surface area contributed by atoms with Crippen molar-refractivity contribution in [2.45, 2.75) is 6.10 Å². The molecular formula is C11H6N4O2. The molecule has 0 aliphatic carbocycles. The number of nitriles is 3. The van der Waals surface area contributed by atoms with E-state index in [-0.39, 0.29) is 5.97 Å². The lowest BCUT2D eigenvalue weighted by atomic mass is 9.79. The number of hydrogen-bond donors (Lipinski definition) is 0. The first-order valence-electron chi connectivity index (χ1n) is 4.44. The van der Waals surface area contributed by atoms with Crippen LogP contribution in [-0.2, 0) is 9.16 Å². The highest BCUT2D eigenvalue weighted by molar-refractivity contribution is 5.85. The van der Waals surface area contributed by atoms with Crippen LogP contribution in [0.4, 0.5) is 0 Å².